The number of nitro groups is 1. The predicted octanol–water partition coefficient (Wildman–Crippen LogP) is 3.69. The number of hydrogen-bond donors (Lipinski definition) is 0. The Morgan fingerprint density at radius 2 is 1.91 bits per heavy atom. The summed E-state index contributed by atoms with van der Waals surface area (Å²) in [5.74, 6) is -1.35. The Morgan fingerprint density at radius 1 is 1.23 bits per heavy atom. The largest absolute Gasteiger partial charge is 0.447 e. The normalized spacial score (nSPS) is 11.2. The second-order valence-electron chi connectivity index (χ2n) is 4.31. The van der Waals surface area contributed by atoms with Gasteiger partial charge < -0.3 is 4.74 Å². The Balaban J connectivity index is 2.59. The van der Waals surface area contributed by atoms with Gasteiger partial charge in [-0.05, 0) is 30.3 Å². The summed E-state index contributed by atoms with van der Waals surface area (Å²) in [5.41, 5.74) is -0.729. The molecular weight excluding hydrogens is 381 g/mol. The minimum atomic E-state index is -3.83. The lowest BCUT2D eigenvalue weighted by molar-refractivity contribution is -0.388. The number of halogens is 2. The molecule has 0 atom stereocenters. The fourth-order valence-electron chi connectivity index (χ4n) is 1.74. The Labute approximate surface area is 133 Å². The highest BCUT2D eigenvalue weighted by molar-refractivity contribution is 9.10. The minimum Gasteiger partial charge on any atom is -0.447 e. The van der Waals surface area contributed by atoms with Gasteiger partial charge in [-0.2, -0.15) is 0 Å². The highest BCUT2D eigenvalue weighted by Crippen LogP contribution is 2.37. The number of rotatable bonds is 4. The van der Waals surface area contributed by atoms with E-state index in [1.165, 1.54) is 24.3 Å². The molecule has 0 aliphatic rings. The fraction of sp³-hybridized carbons (Fsp3) is 0.0769. The maximum atomic E-state index is 13.8. The van der Waals surface area contributed by atoms with Crippen molar-refractivity contribution in [2.75, 3.05) is 6.26 Å². The van der Waals surface area contributed by atoms with Crippen molar-refractivity contribution in [3.8, 4) is 11.5 Å². The van der Waals surface area contributed by atoms with Gasteiger partial charge in [0, 0.05) is 10.7 Å². The van der Waals surface area contributed by atoms with Crippen LogP contribution in [-0.4, -0.2) is 19.6 Å². The second kappa shape index (κ2) is 6.01. The lowest BCUT2D eigenvalue weighted by atomic mass is 10.3. The van der Waals surface area contributed by atoms with Crippen LogP contribution in [0.3, 0.4) is 0 Å². The van der Waals surface area contributed by atoms with Crippen molar-refractivity contribution < 1.29 is 22.5 Å². The summed E-state index contributed by atoms with van der Waals surface area (Å²) < 4.78 is 42.7. The van der Waals surface area contributed by atoms with Gasteiger partial charge in [-0.15, -0.1) is 0 Å². The van der Waals surface area contributed by atoms with Gasteiger partial charge in [0.25, 0.3) is 0 Å². The van der Waals surface area contributed by atoms with Crippen LogP contribution >= 0.6 is 15.9 Å². The maximum Gasteiger partial charge on any atom is 0.330 e. The molecule has 0 bridgehead atoms. The van der Waals surface area contributed by atoms with Crippen molar-refractivity contribution >= 4 is 31.5 Å². The highest BCUT2D eigenvalue weighted by Gasteiger charge is 2.28. The summed E-state index contributed by atoms with van der Waals surface area (Å²) >= 11 is 3.07. The zero-order chi connectivity index (χ0) is 16.5. The Morgan fingerprint density at radius 3 is 2.45 bits per heavy atom. The number of para-hydroxylation sites is 1. The van der Waals surface area contributed by atoms with Gasteiger partial charge in [0.2, 0.25) is 5.75 Å². The van der Waals surface area contributed by atoms with Gasteiger partial charge in [-0.1, -0.05) is 22.0 Å². The highest BCUT2D eigenvalue weighted by atomic mass is 79.9. The number of ether oxygens (including phenoxy) is 1. The smallest absolute Gasteiger partial charge is 0.330 e. The molecule has 0 saturated carbocycles. The standard InChI is InChI=1S/C13H9BrFNO5S/c1-22(19,20)12-4-2-3-11(13(12)16(17)18)21-10-6-5-8(14)7-9(10)15/h2-7H,1H3. The molecule has 0 aromatic heterocycles. The molecule has 0 N–H and O–H groups in total. The van der Waals surface area contributed by atoms with Crippen molar-refractivity contribution in [3.63, 3.8) is 0 Å². The molecule has 0 amide bonds. The van der Waals surface area contributed by atoms with Crippen molar-refractivity contribution in [3.05, 3.63) is 56.8 Å². The summed E-state index contributed by atoms with van der Waals surface area (Å²) in [7, 11) is -3.83. The van der Waals surface area contributed by atoms with Gasteiger partial charge in [0.05, 0.1) is 4.92 Å². The fourth-order valence-corrected chi connectivity index (χ4v) is 2.93. The van der Waals surface area contributed by atoms with Crippen molar-refractivity contribution in [1.82, 2.24) is 0 Å². The van der Waals surface area contributed by atoms with Gasteiger partial charge >= 0.3 is 5.69 Å². The average molecular weight is 390 g/mol. The summed E-state index contributed by atoms with van der Waals surface area (Å²) in [6.45, 7) is 0. The molecule has 9 heteroatoms. The third kappa shape index (κ3) is 3.42. The zero-order valence-corrected chi connectivity index (χ0v) is 13.5. The molecule has 6 nitrogen and oxygen atoms in total. The molecule has 0 saturated heterocycles. The van der Waals surface area contributed by atoms with E-state index in [0.717, 1.165) is 18.4 Å². The molecule has 0 fully saturated rings. The Kier molecular flexibility index (Phi) is 4.47. The van der Waals surface area contributed by atoms with Crippen LogP contribution in [-0.2, 0) is 9.84 Å². The third-order valence-corrected chi connectivity index (χ3v) is 4.28. The van der Waals surface area contributed by atoms with Crippen LogP contribution < -0.4 is 4.74 Å². The first-order valence-electron chi connectivity index (χ1n) is 5.80. The topological polar surface area (TPSA) is 86.5 Å². The van der Waals surface area contributed by atoms with Gasteiger partial charge in [-0.25, -0.2) is 12.8 Å². The van der Waals surface area contributed by atoms with E-state index in [0.29, 0.717) is 4.47 Å². The van der Waals surface area contributed by atoms with Gasteiger partial charge in [0.15, 0.2) is 21.4 Å². The molecule has 2 rings (SSSR count). The van der Waals surface area contributed by atoms with E-state index in [2.05, 4.69) is 15.9 Å². The number of benzene rings is 2. The van der Waals surface area contributed by atoms with E-state index in [1.807, 2.05) is 0 Å². The van der Waals surface area contributed by atoms with Crippen molar-refractivity contribution in [2.45, 2.75) is 4.90 Å². The van der Waals surface area contributed by atoms with Crippen LogP contribution in [0.5, 0.6) is 11.5 Å². The van der Waals surface area contributed by atoms with Crippen LogP contribution in [0.1, 0.15) is 0 Å². The molecule has 0 spiro atoms. The lowest BCUT2D eigenvalue weighted by Crippen LogP contribution is -2.04. The minimum absolute atomic E-state index is 0.253. The summed E-state index contributed by atoms with van der Waals surface area (Å²) in [6.07, 6.45) is 0.847. The lowest BCUT2D eigenvalue weighted by Gasteiger charge is -2.09. The molecule has 0 heterocycles. The molecule has 2 aromatic carbocycles. The number of sulfone groups is 1. The molecule has 2 aromatic rings. The molecule has 0 unspecified atom stereocenters. The summed E-state index contributed by atoms with van der Waals surface area (Å²) in [6, 6.07) is 7.48. The average Bonchev–Trinajstić information content (AvgIpc) is 2.40. The monoisotopic (exact) mass is 389 g/mol. The first-order valence-corrected chi connectivity index (χ1v) is 8.49. The Hall–Kier alpha value is -2.00. The van der Waals surface area contributed by atoms with E-state index in [9.17, 15) is 22.9 Å². The number of hydrogen-bond acceptors (Lipinski definition) is 5. The van der Waals surface area contributed by atoms with E-state index >= 15 is 0 Å². The van der Waals surface area contributed by atoms with Crippen LogP contribution in [0.25, 0.3) is 0 Å². The van der Waals surface area contributed by atoms with E-state index in [1.54, 1.807) is 0 Å². The van der Waals surface area contributed by atoms with Crippen LogP contribution in [0, 0.1) is 15.9 Å². The molecular formula is C13H9BrFNO5S. The first-order chi connectivity index (χ1) is 10.2. The SMILES string of the molecule is CS(=O)(=O)c1cccc(Oc2ccc(Br)cc2F)c1[N+](=O)[O-]. The summed E-state index contributed by atoms with van der Waals surface area (Å²) in [5, 5.41) is 11.2. The van der Waals surface area contributed by atoms with Crippen molar-refractivity contribution in [2.24, 2.45) is 0 Å². The second-order valence-corrected chi connectivity index (χ2v) is 7.21. The van der Waals surface area contributed by atoms with E-state index in [4.69, 9.17) is 4.74 Å². The van der Waals surface area contributed by atoms with E-state index in [-0.39, 0.29) is 11.5 Å². The molecule has 0 aliphatic heterocycles. The van der Waals surface area contributed by atoms with Crippen LogP contribution in [0.2, 0.25) is 0 Å². The van der Waals surface area contributed by atoms with E-state index < -0.39 is 31.2 Å². The molecule has 116 valence electrons. The maximum absolute atomic E-state index is 13.8. The van der Waals surface area contributed by atoms with Gasteiger partial charge in [-0.3, -0.25) is 10.1 Å². The number of nitro benzene ring substituents is 1. The van der Waals surface area contributed by atoms with Crippen molar-refractivity contribution in [1.29, 1.82) is 0 Å². The molecule has 0 radical (unpaired) electrons. The Bertz CT molecular complexity index is 854. The quantitative estimate of drug-likeness (QED) is 0.587. The van der Waals surface area contributed by atoms with Crippen LogP contribution in [0.4, 0.5) is 10.1 Å². The first kappa shape index (κ1) is 16.4. The predicted molar refractivity (Wildman–Crippen MR) is 80.4 cm³/mol. The molecule has 22 heavy (non-hydrogen) atoms. The summed E-state index contributed by atoms with van der Waals surface area (Å²) in [4.78, 5) is 9.81. The van der Waals surface area contributed by atoms with Gasteiger partial charge in [0.1, 0.15) is 4.90 Å². The molecule has 0 aliphatic carbocycles. The zero-order valence-electron chi connectivity index (χ0n) is 11.1. The van der Waals surface area contributed by atoms with Crippen LogP contribution in [0.15, 0.2) is 45.8 Å². The number of nitrogens with zero attached hydrogens (tertiary/aromatic N) is 1. The third-order valence-electron chi connectivity index (χ3n) is 2.66.